The summed E-state index contributed by atoms with van der Waals surface area (Å²) in [4.78, 5) is 26.6. The Balaban J connectivity index is 1.35. The number of ketones is 1. The van der Waals surface area contributed by atoms with Crippen molar-refractivity contribution in [3.8, 4) is 0 Å². The molecule has 4 fully saturated rings. The smallest absolute Gasteiger partial charge is 0.309 e. The number of carboxylic acids is 1. The maximum atomic E-state index is 14.6. The topological polar surface area (TPSA) is 153 Å². The predicted molar refractivity (Wildman–Crippen MR) is 215 cm³/mol. The average Bonchev–Trinajstić information content (AvgIpc) is 3.51. The Labute approximate surface area is 337 Å². The van der Waals surface area contributed by atoms with Crippen molar-refractivity contribution in [2.45, 2.75) is 212 Å². The van der Waals surface area contributed by atoms with Crippen molar-refractivity contribution in [3.63, 3.8) is 0 Å². The summed E-state index contributed by atoms with van der Waals surface area (Å²) in [5.74, 6) is -5.02. The minimum atomic E-state index is -1.13. The van der Waals surface area contributed by atoms with Gasteiger partial charge in [0.1, 0.15) is 5.78 Å². The van der Waals surface area contributed by atoms with Crippen molar-refractivity contribution < 1.29 is 48.6 Å². The van der Waals surface area contributed by atoms with Crippen molar-refractivity contribution in [2.75, 3.05) is 6.54 Å². The van der Waals surface area contributed by atoms with Gasteiger partial charge in [0, 0.05) is 30.1 Å². The van der Waals surface area contributed by atoms with Crippen molar-refractivity contribution in [2.24, 2.45) is 41.4 Å². The molecule has 3 unspecified atom stereocenters. The third-order valence-electron chi connectivity index (χ3n) is 15.1. The number of carbonyl (C=O) groups is 2. The van der Waals surface area contributed by atoms with E-state index in [9.17, 15) is 24.9 Å². The van der Waals surface area contributed by atoms with E-state index < -0.39 is 64.8 Å². The molecule has 11 nitrogen and oxygen atoms in total. The molecule has 0 radical (unpaired) electrons. The number of aliphatic hydroxyl groups excluding tert-OH is 1. The molecular weight excluding hydrogens is 714 g/mol. The molecule has 0 aliphatic carbocycles. The molecule has 5 aliphatic rings. The Morgan fingerprint density at radius 3 is 2.20 bits per heavy atom. The Bertz CT molecular complexity index is 1380. The van der Waals surface area contributed by atoms with Crippen LogP contribution in [0, 0.1) is 41.4 Å². The van der Waals surface area contributed by atoms with Gasteiger partial charge >= 0.3 is 5.97 Å². The summed E-state index contributed by atoms with van der Waals surface area (Å²) in [6, 6.07) is -0.218. The molecule has 0 aromatic heterocycles. The monoisotopic (exact) mass is 792 g/mol. The van der Waals surface area contributed by atoms with E-state index in [0.29, 0.717) is 44.9 Å². The van der Waals surface area contributed by atoms with E-state index in [2.05, 4.69) is 46.0 Å². The van der Waals surface area contributed by atoms with Gasteiger partial charge in [0.15, 0.2) is 11.6 Å². The Morgan fingerprint density at radius 2 is 1.59 bits per heavy atom. The summed E-state index contributed by atoms with van der Waals surface area (Å²) in [6.45, 7) is 23.0. The van der Waals surface area contributed by atoms with Gasteiger partial charge in [0.2, 0.25) is 0 Å². The van der Waals surface area contributed by atoms with Gasteiger partial charge in [-0.05, 0) is 103 Å². The third-order valence-corrected chi connectivity index (χ3v) is 15.1. The van der Waals surface area contributed by atoms with E-state index in [4.69, 9.17) is 23.7 Å². The first-order valence-electron chi connectivity index (χ1n) is 22.3. The number of hydrogen-bond acceptors (Lipinski definition) is 10. The van der Waals surface area contributed by atoms with Gasteiger partial charge in [0.05, 0.1) is 59.8 Å². The number of rotatable bonds is 15. The fraction of sp³-hybridized carbons (Fsp3) is 0.911. The van der Waals surface area contributed by atoms with Crippen LogP contribution in [0.3, 0.4) is 0 Å². The van der Waals surface area contributed by atoms with Crippen LogP contribution in [0.4, 0.5) is 0 Å². The SMILES string of the molecule is CCCN[C@@H]1C=C[C@]2(O[C@H]([C@@H](CC)C(=O)[C@@H](C)[C@@H](O)[C@H](C)C3OC(C(CC)C(=O)O)CC[C@@H]3C)[C@@H](C)C[C@H]2C)O[C@@]12CC[C@@](C)([C@H]1CC[C@](O)(CC)[C@H](C)O1)O2. The lowest BCUT2D eigenvalue weighted by Crippen LogP contribution is -2.65. The Kier molecular flexibility index (Phi) is 14.7. The first-order valence-corrected chi connectivity index (χ1v) is 22.3. The van der Waals surface area contributed by atoms with Crippen LogP contribution in [-0.2, 0) is 33.3 Å². The molecule has 56 heavy (non-hydrogen) atoms. The number of hydrogen-bond donors (Lipinski definition) is 4. The van der Waals surface area contributed by atoms with Crippen molar-refractivity contribution in [1.82, 2.24) is 5.32 Å². The second-order valence-electron chi connectivity index (χ2n) is 18.9. The summed E-state index contributed by atoms with van der Waals surface area (Å²) in [5.41, 5.74) is -1.48. The van der Waals surface area contributed by atoms with Gasteiger partial charge in [-0.3, -0.25) is 9.59 Å². The van der Waals surface area contributed by atoms with E-state index in [1.54, 1.807) is 0 Å². The molecule has 4 saturated heterocycles. The van der Waals surface area contributed by atoms with Crippen LogP contribution in [0.1, 0.15) is 147 Å². The van der Waals surface area contributed by atoms with Gasteiger partial charge in [-0.2, -0.15) is 0 Å². The van der Waals surface area contributed by atoms with Crippen molar-refractivity contribution >= 4 is 11.8 Å². The van der Waals surface area contributed by atoms with Crippen LogP contribution in [-0.4, -0.2) is 99.1 Å². The molecule has 0 bridgehead atoms. The highest BCUT2D eigenvalue weighted by Crippen LogP contribution is 2.54. The molecule has 5 rings (SSSR count). The van der Waals surface area contributed by atoms with Crippen LogP contribution in [0.25, 0.3) is 0 Å². The molecule has 322 valence electrons. The standard InChI is InChI=1S/C45H77NO10/c1-12-24-46-35-18-21-44(56-45(35)23-22-42(11,55-45)36-19-20-43(51,15-4)31(10)52-36)28(7)25-27(6)40(54-44)33(14-3)38(48)29(8)37(47)30(9)39-26(5)16-17-34(53-39)32(13-2)41(49)50/h18,21,26-37,39-40,46-47,51H,12-17,19-20,22-25H2,1-11H3,(H,49,50)/t26-,27-,28+,29-,30-,31-,32?,33-,34?,35+,36+,37+,39?,40-,42-,43+,44-,45-/m0/s1. The summed E-state index contributed by atoms with van der Waals surface area (Å²) in [5, 5.41) is 36.5. The largest absolute Gasteiger partial charge is 0.481 e. The van der Waals surface area contributed by atoms with Crippen LogP contribution in [0.5, 0.6) is 0 Å². The number of aliphatic hydroxyl groups is 2. The third kappa shape index (κ3) is 8.72. The molecule has 0 saturated carbocycles. The number of carbonyl (C=O) groups excluding carboxylic acids is 1. The molecular formula is C45H77NO10. The van der Waals surface area contributed by atoms with Gasteiger partial charge in [-0.1, -0.05) is 68.4 Å². The van der Waals surface area contributed by atoms with E-state index in [0.717, 1.165) is 32.2 Å². The maximum Gasteiger partial charge on any atom is 0.309 e. The highest BCUT2D eigenvalue weighted by molar-refractivity contribution is 5.84. The second-order valence-corrected chi connectivity index (χ2v) is 18.9. The van der Waals surface area contributed by atoms with Crippen molar-refractivity contribution in [3.05, 3.63) is 12.2 Å². The van der Waals surface area contributed by atoms with Crippen LogP contribution in [0.2, 0.25) is 0 Å². The summed E-state index contributed by atoms with van der Waals surface area (Å²) in [7, 11) is 0. The molecule has 0 amide bonds. The summed E-state index contributed by atoms with van der Waals surface area (Å²) >= 11 is 0. The van der Waals surface area contributed by atoms with Crippen LogP contribution in [0.15, 0.2) is 12.2 Å². The zero-order chi connectivity index (χ0) is 41.4. The van der Waals surface area contributed by atoms with E-state index in [1.807, 2.05) is 47.6 Å². The number of aliphatic carboxylic acids is 1. The molecule has 0 aromatic rings. The zero-order valence-electron chi connectivity index (χ0n) is 36.4. The molecule has 11 heteroatoms. The Morgan fingerprint density at radius 1 is 0.893 bits per heavy atom. The fourth-order valence-corrected chi connectivity index (χ4v) is 11.0. The average molecular weight is 792 g/mol. The minimum absolute atomic E-state index is 0.0266. The maximum absolute atomic E-state index is 14.6. The quantitative estimate of drug-likeness (QED) is 0.125. The van der Waals surface area contributed by atoms with Gasteiger partial charge in [-0.25, -0.2) is 0 Å². The minimum Gasteiger partial charge on any atom is -0.481 e. The van der Waals surface area contributed by atoms with Crippen LogP contribution < -0.4 is 5.32 Å². The van der Waals surface area contributed by atoms with Gasteiger partial charge in [0.25, 0.3) is 0 Å². The Hall–Kier alpha value is -1.44. The normalized spacial score (nSPS) is 44.3. The van der Waals surface area contributed by atoms with Gasteiger partial charge < -0.3 is 44.3 Å². The lowest BCUT2D eigenvalue weighted by atomic mass is 9.72. The number of carboxylic acid groups (broad SMARTS) is 1. The highest BCUT2D eigenvalue weighted by atomic mass is 16.8. The first-order chi connectivity index (χ1) is 26.3. The number of Topliss-reactive ketones (excluding diaryl/α,β-unsaturated/α-hetero) is 1. The van der Waals surface area contributed by atoms with Crippen molar-refractivity contribution in [1.29, 1.82) is 0 Å². The fourth-order valence-electron chi connectivity index (χ4n) is 11.0. The van der Waals surface area contributed by atoms with Crippen LogP contribution >= 0.6 is 0 Å². The molecule has 0 aromatic carbocycles. The summed E-state index contributed by atoms with van der Waals surface area (Å²) in [6.07, 6.45) is 9.06. The summed E-state index contributed by atoms with van der Waals surface area (Å²) < 4.78 is 34.6. The van der Waals surface area contributed by atoms with E-state index in [1.165, 1.54) is 0 Å². The highest BCUT2D eigenvalue weighted by Gasteiger charge is 2.63. The molecule has 2 spiro atoms. The van der Waals surface area contributed by atoms with Gasteiger partial charge in [-0.15, -0.1) is 0 Å². The van der Waals surface area contributed by atoms with E-state index in [-0.39, 0.29) is 53.8 Å². The molecule has 5 aliphatic heterocycles. The molecule has 5 heterocycles. The lowest BCUT2D eigenvalue weighted by Gasteiger charge is -2.55. The zero-order valence-corrected chi connectivity index (χ0v) is 36.4. The number of nitrogens with one attached hydrogen (secondary N) is 1. The second kappa shape index (κ2) is 18.0. The predicted octanol–water partition coefficient (Wildman–Crippen LogP) is 7.20. The number of ether oxygens (including phenoxy) is 5. The molecule has 4 N–H and O–H groups in total. The lowest BCUT2D eigenvalue weighted by molar-refractivity contribution is -0.398. The molecule has 18 atom stereocenters. The first kappa shape index (κ1) is 45.6. The van der Waals surface area contributed by atoms with E-state index >= 15 is 0 Å².